The van der Waals surface area contributed by atoms with Crippen LogP contribution in [0.2, 0.25) is 0 Å². The first-order valence-electron chi connectivity index (χ1n) is 8.08. The molecule has 2 aliphatic heterocycles. The lowest BCUT2D eigenvalue weighted by Crippen LogP contribution is -2.46. The normalized spacial score (nSPS) is 21.0. The molecule has 120 valence electrons. The molecule has 5 nitrogen and oxygen atoms in total. The van der Waals surface area contributed by atoms with E-state index in [9.17, 15) is 14.5 Å². The van der Waals surface area contributed by atoms with Crippen molar-refractivity contribution in [2.45, 2.75) is 38.1 Å². The lowest BCUT2D eigenvalue weighted by atomic mass is 9.99. The van der Waals surface area contributed by atoms with Gasteiger partial charge in [0, 0.05) is 25.2 Å². The highest BCUT2D eigenvalue weighted by atomic mass is 19.1. The molecule has 2 heterocycles. The van der Waals surface area contributed by atoms with E-state index in [-0.39, 0.29) is 5.69 Å². The Morgan fingerprint density at radius 2 is 1.77 bits per heavy atom. The zero-order valence-electron chi connectivity index (χ0n) is 12.7. The standard InChI is InChI=1S/C16H22FN3O2/c17-15-12-14(20(21)22)4-5-16(15)19-10-6-13(7-11-19)18-8-2-1-3-9-18/h4-5,12-13H,1-3,6-11H2. The maximum Gasteiger partial charge on any atom is 0.272 e. The van der Waals surface area contributed by atoms with Crippen molar-refractivity contribution >= 4 is 11.4 Å². The molecule has 0 unspecified atom stereocenters. The predicted octanol–water partition coefficient (Wildman–Crippen LogP) is 3.19. The van der Waals surface area contributed by atoms with Crippen LogP contribution in [-0.4, -0.2) is 42.0 Å². The summed E-state index contributed by atoms with van der Waals surface area (Å²) in [5, 5.41) is 10.7. The molecule has 0 aliphatic carbocycles. The van der Waals surface area contributed by atoms with Gasteiger partial charge in [-0.2, -0.15) is 0 Å². The molecule has 2 saturated heterocycles. The van der Waals surface area contributed by atoms with Gasteiger partial charge in [-0.1, -0.05) is 6.42 Å². The van der Waals surface area contributed by atoms with E-state index in [4.69, 9.17) is 0 Å². The van der Waals surface area contributed by atoms with E-state index in [1.54, 1.807) is 0 Å². The topological polar surface area (TPSA) is 49.6 Å². The number of rotatable bonds is 3. The Balaban J connectivity index is 1.62. The number of nitro groups is 1. The molecule has 0 radical (unpaired) electrons. The number of halogens is 1. The molecule has 0 aromatic heterocycles. The number of hydrogen-bond donors (Lipinski definition) is 0. The Bertz CT molecular complexity index is 538. The van der Waals surface area contributed by atoms with Crippen molar-refractivity contribution in [3.8, 4) is 0 Å². The van der Waals surface area contributed by atoms with Crippen LogP contribution in [0.15, 0.2) is 18.2 Å². The van der Waals surface area contributed by atoms with Crippen LogP contribution in [0.4, 0.5) is 15.8 Å². The zero-order valence-corrected chi connectivity index (χ0v) is 12.7. The van der Waals surface area contributed by atoms with Crippen molar-refractivity contribution in [3.05, 3.63) is 34.1 Å². The van der Waals surface area contributed by atoms with Crippen LogP contribution in [0.5, 0.6) is 0 Å². The van der Waals surface area contributed by atoms with Crippen molar-refractivity contribution in [3.63, 3.8) is 0 Å². The molecule has 0 spiro atoms. The molecule has 1 aromatic carbocycles. The second-order valence-corrected chi connectivity index (χ2v) is 6.21. The first kappa shape index (κ1) is 15.2. The van der Waals surface area contributed by atoms with E-state index in [1.165, 1.54) is 44.5 Å². The largest absolute Gasteiger partial charge is 0.369 e. The van der Waals surface area contributed by atoms with Gasteiger partial charge >= 0.3 is 0 Å². The highest BCUT2D eigenvalue weighted by molar-refractivity contribution is 5.52. The summed E-state index contributed by atoms with van der Waals surface area (Å²) in [4.78, 5) is 14.7. The zero-order chi connectivity index (χ0) is 15.5. The highest BCUT2D eigenvalue weighted by Crippen LogP contribution is 2.28. The maximum atomic E-state index is 14.1. The third-order valence-corrected chi connectivity index (χ3v) is 4.85. The van der Waals surface area contributed by atoms with Gasteiger partial charge in [-0.3, -0.25) is 10.1 Å². The van der Waals surface area contributed by atoms with Crippen LogP contribution in [-0.2, 0) is 0 Å². The second kappa shape index (κ2) is 6.60. The number of non-ortho nitro benzene ring substituents is 1. The number of nitrogens with zero attached hydrogens (tertiary/aromatic N) is 3. The fraction of sp³-hybridized carbons (Fsp3) is 0.625. The molecule has 1 aromatic rings. The van der Waals surface area contributed by atoms with Gasteiger partial charge < -0.3 is 9.80 Å². The minimum Gasteiger partial charge on any atom is -0.369 e. The number of benzene rings is 1. The molecule has 3 rings (SSSR count). The fourth-order valence-corrected chi connectivity index (χ4v) is 3.62. The van der Waals surface area contributed by atoms with Crippen molar-refractivity contribution in [1.82, 2.24) is 4.90 Å². The van der Waals surface area contributed by atoms with E-state index >= 15 is 0 Å². The Hall–Kier alpha value is -1.69. The van der Waals surface area contributed by atoms with Gasteiger partial charge in [-0.25, -0.2) is 4.39 Å². The Morgan fingerprint density at radius 1 is 1.09 bits per heavy atom. The molecule has 2 fully saturated rings. The Labute approximate surface area is 129 Å². The first-order valence-corrected chi connectivity index (χ1v) is 8.08. The molecular formula is C16H22FN3O2. The SMILES string of the molecule is O=[N+]([O-])c1ccc(N2CCC(N3CCCCC3)CC2)c(F)c1. The summed E-state index contributed by atoms with van der Waals surface area (Å²) in [6.07, 6.45) is 5.99. The van der Waals surface area contributed by atoms with Gasteiger partial charge in [0.1, 0.15) is 0 Å². The average Bonchev–Trinajstić information content (AvgIpc) is 2.56. The van der Waals surface area contributed by atoms with Crippen LogP contribution in [0.25, 0.3) is 0 Å². The predicted molar refractivity (Wildman–Crippen MR) is 83.7 cm³/mol. The minimum absolute atomic E-state index is 0.190. The van der Waals surface area contributed by atoms with Gasteiger partial charge in [0.2, 0.25) is 0 Å². The third kappa shape index (κ3) is 3.21. The van der Waals surface area contributed by atoms with Crippen LogP contribution < -0.4 is 4.90 Å². The van der Waals surface area contributed by atoms with Gasteiger partial charge in [0.25, 0.3) is 5.69 Å². The van der Waals surface area contributed by atoms with E-state index in [0.29, 0.717) is 11.7 Å². The Kier molecular flexibility index (Phi) is 4.57. The van der Waals surface area contributed by atoms with Crippen LogP contribution in [0.1, 0.15) is 32.1 Å². The van der Waals surface area contributed by atoms with Crippen molar-refractivity contribution in [2.75, 3.05) is 31.1 Å². The first-order chi connectivity index (χ1) is 10.6. The molecule has 0 bridgehead atoms. The molecule has 0 amide bonds. The fourth-order valence-electron chi connectivity index (χ4n) is 3.62. The Morgan fingerprint density at radius 3 is 2.36 bits per heavy atom. The van der Waals surface area contributed by atoms with E-state index in [2.05, 4.69) is 4.90 Å². The molecule has 0 atom stereocenters. The summed E-state index contributed by atoms with van der Waals surface area (Å²) in [5.41, 5.74) is 0.298. The summed E-state index contributed by atoms with van der Waals surface area (Å²) < 4.78 is 14.1. The number of anilines is 1. The summed E-state index contributed by atoms with van der Waals surface area (Å²) in [6.45, 7) is 4.01. The maximum absolute atomic E-state index is 14.1. The monoisotopic (exact) mass is 307 g/mol. The smallest absolute Gasteiger partial charge is 0.272 e. The summed E-state index contributed by atoms with van der Waals surface area (Å²) >= 11 is 0. The molecule has 0 N–H and O–H groups in total. The van der Waals surface area contributed by atoms with Gasteiger partial charge in [0.05, 0.1) is 16.7 Å². The van der Waals surface area contributed by atoms with Gasteiger partial charge in [-0.05, 0) is 44.8 Å². The second-order valence-electron chi connectivity index (χ2n) is 6.21. The third-order valence-electron chi connectivity index (χ3n) is 4.85. The number of hydrogen-bond acceptors (Lipinski definition) is 4. The van der Waals surface area contributed by atoms with Crippen LogP contribution in [0.3, 0.4) is 0 Å². The molecule has 2 aliphatic rings. The lowest BCUT2D eigenvalue weighted by molar-refractivity contribution is -0.385. The average molecular weight is 307 g/mol. The molecule has 22 heavy (non-hydrogen) atoms. The minimum atomic E-state index is -0.560. The molecule has 0 saturated carbocycles. The van der Waals surface area contributed by atoms with E-state index in [1.807, 2.05) is 4.90 Å². The van der Waals surface area contributed by atoms with Gasteiger partial charge in [-0.15, -0.1) is 0 Å². The van der Waals surface area contributed by atoms with Crippen molar-refractivity contribution < 1.29 is 9.31 Å². The number of piperidine rings is 2. The van der Waals surface area contributed by atoms with Crippen LogP contribution in [0, 0.1) is 15.9 Å². The van der Waals surface area contributed by atoms with E-state index in [0.717, 1.165) is 32.0 Å². The summed E-state index contributed by atoms with van der Waals surface area (Å²) in [7, 11) is 0. The van der Waals surface area contributed by atoms with Crippen molar-refractivity contribution in [2.24, 2.45) is 0 Å². The summed E-state index contributed by atoms with van der Waals surface area (Å²) in [5.74, 6) is -0.495. The summed E-state index contributed by atoms with van der Waals surface area (Å²) in [6, 6.07) is 4.55. The number of nitro benzene ring substituents is 1. The van der Waals surface area contributed by atoms with E-state index < -0.39 is 10.7 Å². The van der Waals surface area contributed by atoms with Gasteiger partial charge in [0.15, 0.2) is 5.82 Å². The lowest BCUT2D eigenvalue weighted by Gasteiger charge is -2.41. The highest BCUT2D eigenvalue weighted by Gasteiger charge is 2.27. The van der Waals surface area contributed by atoms with Crippen molar-refractivity contribution in [1.29, 1.82) is 0 Å². The van der Waals surface area contributed by atoms with Crippen LogP contribution >= 0.6 is 0 Å². The number of likely N-dealkylation sites (tertiary alicyclic amines) is 1. The quantitative estimate of drug-likeness (QED) is 0.635. The molecular weight excluding hydrogens is 285 g/mol. The molecule has 6 heteroatoms.